The summed E-state index contributed by atoms with van der Waals surface area (Å²) in [6.45, 7) is 3.94. The van der Waals surface area contributed by atoms with E-state index in [-0.39, 0.29) is 10.9 Å². The van der Waals surface area contributed by atoms with E-state index >= 15 is 0 Å². The van der Waals surface area contributed by atoms with Crippen LogP contribution in [0.4, 0.5) is 10.2 Å². The first kappa shape index (κ1) is 11.9. The van der Waals surface area contributed by atoms with Crippen LogP contribution in [0.3, 0.4) is 0 Å². The van der Waals surface area contributed by atoms with E-state index in [9.17, 15) is 4.39 Å². The van der Waals surface area contributed by atoms with Gasteiger partial charge in [0.25, 0.3) is 0 Å². The number of halogens is 2. The van der Waals surface area contributed by atoms with E-state index in [1.807, 2.05) is 13.8 Å². The Morgan fingerprint density at radius 3 is 2.71 bits per heavy atom. The van der Waals surface area contributed by atoms with Crippen LogP contribution in [0.5, 0.6) is 0 Å². The molecule has 0 aliphatic heterocycles. The number of nitrogen functional groups attached to an aromatic ring is 1. The molecule has 0 saturated heterocycles. The molecule has 90 valence electrons. The minimum Gasteiger partial charge on any atom is -0.381 e. The third-order valence-electron chi connectivity index (χ3n) is 2.43. The standard InChI is InChI=1S/C11H12ClFN4/c1-6(2)10-11(14)15-16-17(10)7-3-4-8(12)9(13)5-7/h3-6H,14H2,1-2H3. The lowest BCUT2D eigenvalue weighted by Crippen LogP contribution is -2.05. The lowest BCUT2D eigenvalue weighted by molar-refractivity contribution is 0.623. The number of benzene rings is 1. The Morgan fingerprint density at radius 1 is 1.41 bits per heavy atom. The molecule has 0 atom stereocenters. The summed E-state index contributed by atoms with van der Waals surface area (Å²) in [5.41, 5.74) is 7.04. The molecule has 0 unspecified atom stereocenters. The maximum Gasteiger partial charge on any atom is 0.169 e. The summed E-state index contributed by atoms with van der Waals surface area (Å²) in [7, 11) is 0. The van der Waals surface area contributed by atoms with Crippen LogP contribution in [0, 0.1) is 5.82 Å². The van der Waals surface area contributed by atoms with Crippen LogP contribution in [0.15, 0.2) is 18.2 Å². The van der Waals surface area contributed by atoms with Gasteiger partial charge in [0.05, 0.1) is 16.4 Å². The fourth-order valence-electron chi connectivity index (χ4n) is 1.65. The van der Waals surface area contributed by atoms with Gasteiger partial charge in [-0.05, 0) is 18.1 Å². The van der Waals surface area contributed by atoms with Crippen LogP contribution >= 0.6 is 11.6 Å². The number of hydrogen-bond acceptors (Lipinski definition) is 3. The Morgan fingerprint density at radius 2 is 2.12 bits per heavy atom. The average Bonchev–Trinajstić information content (AvgIpc) is 2.64. The van der Waals surface area contributed by atoms with Crippen LogP contribution < -0.4 is 5.73 Å². The molecule has 0 spiro atoms. The Labute approximate surface area is 103 Å². The number of aromatic nitrogens is 3. The molecule has 0 amide bonds. The van der Waals surface area contributed by atoms with Crippen molar-refractivity contribution < 1.29 is 4.39 Å². The molecule has 0 aliphatic rings. The highest BCUT2D eigenvalue weighted by molar-refractivity contribution is 6.30. The third kappa shape index (κ3) is 2.10. The van der Waals surface area contributed by atoms with Gasteiger partial charge in [0.1, 0.15) is 5.82 Å². The van der Waals surface area contributed by atoms with Crippen LogP contribution in [0.2, 0.25) is 5.02 Å². The molecule has 1 aromatic heterocycles. The van der Waals surface area contributed by atoms with Gasteiger partial charge in [-0.15, -0.1) is 5.10 Å². The van der Waals surface area contributed by atoms with Gasteiger partial charge in [-0.25, -0.2) is 9.07 Å². The molecule has 0 fully saturated rings. The van der Waals surface area contributed by atoms with Crippen molar-refractivity contribution in [2.75, 3.05) is 5.73 Å². The fourth-order valence-corrected chi connectivity index (χ4v) is 1.77. The largest absolute Gasteiger partial charge is 0.381 e. The van der Waals surface area contributed by atoms with E-state index in [2.05, 4.69) is 10.3 Å². The molecule has 2 aromatic rings. The van der Waals surface area contributed by atoms with Crippen molar-refractivity contribution in [3.05, 3.63) is 34.7 Å². The average molecular weight is 255 g/mol. The van der Waals surface area contributed by atoms with Gasteiger partial charge in [0, 0.05) is 6.07 Å². The van der Waals surface area contributed by atoms with Gasteiger partial charge >= 0.3 is 0 Å². The summed E-state index contributed by atoms with van der Waals surface area (Å²) in [6, 6.07) is 4.46. The molecule has 2 rings (SSSR count). The van der Waals surface area contributed by atoms with Crippen molar-refractivity contribution in [3.8, 4) is 5.69 Å². The maximum absolute atomic E-state index is 13.4. The van der Waals surface area contributed by atoms with Crippen LogP contribution in [0.25, 0.3) is 5.69 Å². The SMILES string of the molecule is CC(C)c1c(N)nnn1-c1ccc(Cl)c(F)c1. The highest BCUT2D eigenvalue weighted by atomic mass is 35.5. The normalized spacial score (nSPS) is 11.1. The topological polar surface area (TPSA) is 56.7 Å². The summed E-state index contributed by atoms with van der Waals surface area (Å²) in [6.07, 6.45) is 0. The molecule has 4 nitrogen and oxygen atoms in total. The molecule has 0 aliphatic carbocycles. The predicted octanol–water partition coefficient (Wildman–Crippen LogP) is 2.77. The Hall–Kier alpha value is -1.62. The van der Waals surface area contributed by atoms with Gasteiger partial charge < -0.3 is 5.73 Å². The Balaban J connectivity index is 2.56. The summed E-state index contributed by atoms with van der Waals surface area (Å²) < 4.78 is 14.9. The van der Waals surface area contributed by atoms with E-state index in [1.54, 1.807) is 6.07 Å². The third-order valence-corrected chi connectivity index (χ3v) is 2.73. The molecule has 1 heterocycles. The fraction of sp³-hybridized carbons (Fsp3) is 0.273. The zero-order chi connectivity index (χ0) is 12.6. The van der Waals surface area contributed by atoms with Crippen LogP contribution in [-0.4, -0.2) is 15.0 Å². The van der Waals surface area contributed by atoms with E-state index < -0.39 is 5.82 Å². The molecule has 1 aromatic carbocycles. The number of rotatable bonds is 2. The first-order chi connectivity index (χ1) is 8.00. The lowest BCUT2D eigenvalue weighted by Gasteiger charge is -2.09. The summed E-state index contributed by atoms with van der Waals surface area (Å²) >= 11 is 5.63. The van der Waals surface area contributed by atoms with E-state index in [0.29, 0.717) is 11.5 Å². The monoisotopic (exact) mass is 254 g/mol. The van der Waals surface area contributed by atoms with Crippen molar-refractivity contribution in [1.82, 2.24) is 15.0 Å². The highest BCUT2D eigenvalue weighted by Crippen LogP contribution is 2.24. The highest BCUT2D eigenvalue weighted by Gasteiger charge is 2.15. The van der Waals surface area contributed by atoms with Gasteiger partial charge in [-0.3, -0.25) is 0 Å². The quantitative estimate of drug-likeness (QED) is 0.897. The number of nitrogens with two attached hydrogens (primary N) is 1. The van der Waals surface area contributed by atoms with Crippen LogP contribution in [-0.2, 0) is 0 Å². The van der Waals surface area contributed by atoms with Crippen molar-refractivity contribution in [2.45, 2.75) is 19.8 Å². The maximum atomic E-state index is 13.4. The van der Waals surface area contributed by atoms with Crippen LogP contribution in [0.1, 0.15) is 25.5 Å². The Kier molecular flexibility index (Phi) is 3.02. The second-order valence-corrected chi connectivity index (χ2v) is 4.43. The van der Waals surface area contributed by atoms with Gasteiger partial charge in [-0.1, -0.05) is 30.7 Å². The predicted molar refractivity (Wildman–Crippen MR) is 64.8 cm³/mol. The second kappa shape index (κ2) is 4.33. The second-order valence-electron chi connectivity index (χ2n) is 4.02. The molecule has 6 heteroatoms. The van der Waals surface area contributed by atoms with Crippen molar-refractivity contribution in [1.29, 1.82) is 0 Å². The summed E-state index contributed by atoms with van der Waals surface area (Å²) in [4.78, 5) is 0. The molecule has 0 radical (unpaired) electrons. The molecule has 2 N–H and O–H groups in total. The van der Waals surface area contributed by atoms with Gasteiger partial charge in [0.15, 0.2) is 5.82 Å². The minimum absolute atomic E-state index is 0.0768. The summed E-state index contributed by atoms with van der Waals surface area (Å²) in [5, 5.41) is 7.79. The van der Waals surface area contributed by atoms with Crippen molar-refractivity contribution in [2.24, 2.45) is 0 Å². The zero-order valence-corrected chi connectivity index (χ0v) is 10.2. The van der Waals surface area contributed by atoms with Crippen molar-refractivity contribution in [3.63, 3.8) is 0 Å². The van der Waals surface area contributed by atoms with Gasteiger partial charge in [-0.2, -0.15) is 0 Å². The lowest BCUT2D eigenvalue weighted by atomic mass is 10.1. The first-order valence-electron chi connectivity index (χ1n) is 5.17. The summed E-state index contributed by atoms with van der Waals surface area (Å²) in [5.74, 6) is 0.00652. The molecule has 0 saturated carbocycles. The molecule has 0 bridgehead atoms. The van der Waals surface area contributed by atoms with E-state index in [1.165, 1.54) is 16.8 Å². The Bertz CT molecular complexity index is 550. The molecular formula is C11H12ClFN4. The molecule has 17 heavy (non-hydrogen) atoms. The van der Waals surface area contributed by atoms with Gasteiger partial charge in [0.2, 0.25) is 0 Å². The van der Waals surface area contributed by atoms with Crippen molar-refractivity contribution >= 4 is 17.4 Å². The first-order valence-corrected chi connectivity index (χ1v) is 5.55. The zero-order valence-electron chi connectivity index (χ0n) is 9.48. The van der Waals surface area contributed by atoms with E-state index in [4.69, 9.17) is 17.3 Å². The number of nitrogens with zero attached hydrogens (tertiary/aromatic N) is 3. The minimum atomic E-state index is -0.493. The van der Waals surface area contributed by atoms with E-state index in [0.717, 1.165) is 5.69 Å². The number of hydrogen-bond donors (Lipinski definition) is 1. The molecular weight excluding hydrogens is 243 g/mol. The number of anilines is 1. The smallest absolute Gasteiger partial charge is 0.169 e.